The molecule has 1 unspecified atom stereocenters. The van der Waals surface area contributed by atoms with Gasteiger partial charge in [-0.2, -0.15) is 0 Å². The zero-order valence-corrected chi connectivity index (χ0v) is 18.2. The van der Waals surface area contributed by atoms with Crippen LogP contribution >= 0.6 is 11.8 Å². The van der Waals surface area contributed by atoms with Gasteiger partial charge in [0, 0.05) is 18.7 Å². The molecule has 0 aliphatic rings. The molecule has 8 heteroatoms. The Labute approximate surface area is 170 Å². The number of imide groups is 1. The van der Waals surface area contributed by atoms with E-state index in [0.717, 1.165) is 11.4 Å². The summed E-state index contributed by atoms with van der Waals surface area (Å²) in [6.07, 6.45) is 0. The van der Waals surface area contributed by atoms with Gasteiger partial charge in [0.1, 0.15) is 0 Å². The van der Waals surface area contributed by atoms with E-state index < -0.39 is 11.3 Å². The zero-order chi connectivity index (χ0) is 20.9. The largest absolute Gasteiger partial charge is 0.338 e. The molecule has 0 fully saturated rings. The summed E-state index contributed by atoms with van der Waals surface area (Å²) in [5.41, 5.74) is 2.32. The number of carbonyl (C=O) groups excluding carboxylic acids is 2. The van der Waals surface area contributed by atoms with Gasteiger partial charge in [0.25, 0.3) is 0 Å². The number of hydrogen-bond donors (Lipinski definition) is 2. The van der Waals surface area contributed by atoms with Crippen LogP contribution in [0.4, 0.5) is 4.79 Å². The first-order valence-corrected chi connectivity index (χ1v) is 10.3. The fourth-order valence-corrected chi connectivity index (χ4v) is 3.54. The molecule has 152 valence electrons. The van der Waals surface area contributed by atoms with E-state index in [1.807, 2.05) is 11.5 Å². The molecule has 2 aromatic rings. The minimum Gasteiger partial charge on any atom is -0.338 e. The summed E-state index contributed by atoms with van der Waals surface area (Å²) in [5.74, 6) is 0.402. The van der Waals surface area contributed by atoms with E-state index in [0.29, 0.717) is 18.2 Å². The highest BCUT2D eigenvalue weighted by atomic mass is 32.2. The Bertz CT molecular complexity index is 824. The van der Waals surface area contributed by atoms with Crippen LogP contribution < -0.4 is 10.6 Å². The number of rotatable bonds is 6. The third kappa shape index (κ3) is 5.34. The fraction of sp³-hybridized carbons (Fsp3) is 0.500. The van der Waals surface area contributed by atoms with Gasteiger partial charge in [0.2, 0.25) is 5.91 Å². The second-order valence-electron chi connectivity index (χ2n) is 7.49. The summed E-state index contributed by atoms with van der Waals surface area (Å²) in [7, 11) is 0. The standard InChI is InChI=1S/C20H29N5O2S/c1-7-21-18(27)22-17(26)13(3)28-19-24-23-16(25(19)8-2)14-9-11-15(12-10-14)20(4,5)6/h9-13H,7-8H2,1-6H3,(H2,21,22,26,27). The first-order chi connectivity index (χ1) is 13.2. The summed E-state index contributed by atoms with van der Waals surface area (Å²) in [6, 6.07) is 7.84. The number of carbonyl (C=O) groups is 2. The zero-order valence-electron chi connectivity index (χ0n) is 17.4. The average Bonchev–Trinajstić information content (AvgIpc) is 3.03. The highest BCUT2D eigenvalue weighted by Gasteiger charge is 2.22. The lowest BCUT2D eigenvalue weighted by molar-refractivity contribution is -0.119. The van der Waals surface area contributed by atoms with Crippen molar-refractivity contribution in [3.05, 3.63) is 29.8 Å². The van der Waals surface area contributed by atoms with Gasteiger partial charge < -0.3 is 9.88 Å². The molecular weight excluding hydrogens is 374 g/mol. The second-order valence-corrected chi connectivity index (χ2v) is 8.79. The van der Waals surface area contributed by atoms with Crippen LogP contribution in [0, 0.1) is 0 Å². The summed E-state index contributed by atoms with van der Waals surface area (Å²) in [6.45, 7) is 13.2. The van der Waals surface area contributed by atoms with Gasteiger partial charge >= 0.3 is 6.03 Å². The molecule has 7 nitrogen and oxygen atoms in total. The molecule has 1 aromatic carbocycles. The van der Waals surface area contributed by atoms with Gasteiger partial charge in [-0.05, 0) is 31.7 Å². The molecule has 0 aliphatic heterocycles. The number of benzene rings is 1. The lowest BCUT2D eigenvalue weighted by atomic mass is 9.87. The molecule has 1 atom stereocenters. The van der Waals surface area contributed by atoms with Crippen LogP contribution in [0.5, 0.6) is 0 Å². The highest BCUT2D eigenvalue weighted by Crippen LogP contribution is 2.29. The maximum absolute atomic E-state index is 12.2. The summed E-state index contributed by atoms with van der Waals surface area (Å²) < 4.78 is 1.98. The van der Waals surface area contributed by atoms with Gasteiger partial charge in [-0.3, -0.25) is 10.1 Å². The second kappa shape index (κ2) is 9.23. The molecule has 0 bridgehead atoms. The third-order valence-corrected chi connectivity index (χ3v) is 5.35. The van der Waals surface area contributed by atoms with Gasteiger partial charge in [0.05, 0.1) is 5.25 Å². The smallest absolute Gasteiger partial charge is 0.321 e. The van der Waals surface area contributed by atoms with Crippen molar-refractivity contribution in [2.45, 2.75) is 63.9 Å². The van der Waals surface area contributed by atoms with E-state index in [1.165, 1.54) is 17.3 Å². The quantitative estimate of drug-likeness (QED) is 0.720. The Morgan fingerprint density at radius 2 is 1.79 bits per heavy atom. The summed E-state index contributed by atoms with van der Waals surface area (Å²) in [4.78, 5) is 23.7. The summed E-state index contributed by atoms with van der Waals surface area (Å²) >= 11 is 1.28. The van der Waals surface area contributed by atoms with Crippen LogP contribution in [0.15, 0.2) is 29.4 Å². The van der Waals surface area contributed by atoms with E-state index in [9.17, 15) is 9.59 Å². The molecule has 1 heterocycles. The minimum absolute atomic E-state index is 0.0881. The molecule has 2 rings (SSSR count). The predicted molar refractivity (Wildman–Crippen MR) is 112 cm³/mol. The Kier molecular flexibility index (Phi) is 7.23. The SMILES string of the molecule is CCNC(=O)NC(=O)C(C)Sc1nnc(-c2ccc(C(C)(C)C)cc2)n1CC. The number of nitrogens with zero attached hydrogens (tertiary/aromatic N) is 3. The molecule has 0 saturated heterocycles. The topological polar surface area (TPSA) is 88.9 Å². The van der Waals surface area contributed by atoms with Crippen molar-refractivity contribution in [1.82, 2.24) is 25.4 Å². The molecule has 2 N–H and O–H groups in total. The number of thioether (sulfide) groups is 1. The maximum atomic E-state index is 12.2. The first kappa shape index (κ1) is 21.9. The Morgan fingerprint density at radius 3 is 2.32 bits per heavy atom. The van der Waals surface area contributed by atoms with Crippen LogP contribution in [-0.4, -0.2) is 38.5 Å². The molecule has 0 radical (unpaired) electrons. The Morgan fingerprint density at radius 1 is 1.14 bits per heavy atom. The molecule has 0 saturated carbocycles. The van der Waals surface area contributed by atoms with Crippen molar-refractivity contribution >= 4 is 23.7 Å². The van der Waals surface area contributed by atoms with Crippen LogP contribution in [0.3, 0.4) is 0 Å². The van der Waals surface area contributed by atoms with E-state index in [-0.39, 0.29) is 11.3 Å². The van der Waals surface area contributed by atoms with E-state index in [4.69, 9.17) is 0 Å². The van der Waals surface area contributed by atoms with Crippen molar-refractivity contribution in [3.8, 4) is 11.4 Å². The fourth-order valence-electron chi connectivity index (χ4n) is 2.62. The van der Waals surface area contributed by atoms with E-state index >= 15 is 0 Å². The normalized spacial score (nSPS) is 12.5. The van der Waals surface area contributed by atoms with Crippen molar-refractivity contribution in [2.24, 2.45) is 0 Å². The van der Waals surface area contributed by atoms with Gasteiger partial charge in [-0.1, -0.05) is 56.8 Å². The number of nitrogens with one attached hydrogen (secondary N) is 2. The Balaban J connectivity index is 2.17. The number of urea groups is 1. The molecule has 28 heavy (non-hydrogen) atoms. The summed E-state index contributed by atoms with van der Waals surface area (Å²) in [5, 5.41) is 13.6. The molecule has 0 spiro atoms. The van der Waals surface area contributed by atoms with Gasteiger partial charge in [0.15, 0.2) is 11.0 Å². The predicted octanol–water partition coefficient (Wildman–Crippen LogP) is 3.59. The Hall–Kier alpha value is -2.35. The van der Waals surface area contributed by atoms with Crippen LogP contribution in [0.25, 0.3) is 11.4 Å². The van der Waals surface area contributed by atoms with Crippen molar-refractivity contribution in [2.75, 3.05) is 6.54 Å². The molecular formula is C20H29N5O2S. The number of hydrogen-bond acceptors (Lipinski definition) is 5. The molecule has 3 amide bonds. The van der Waals surface area contributed by atoms with Gasteiger partial charge in [-0.25, -0.2) is 4.79 Å². The lowest BCUT2D eigenvalue weighted by Gasteiger charge is -2.19. The number of amides is 3. The van der Waals surface area contributed by atoms with E-state index in [1.54, 1.807) is 13.8 Å². The third-order valence-electron chi connectivity index (χ3n) is 4.27. The molecule has 0 aliphatic carbocycles. The highest BCUT2D eigenvalue weighted by molar-refractivity contribution is 8.00. The maximum Gasteiger partial charge on any atom is 0.321 e. The first-order valence-electron chi connectivity index (χ1n) is 9.46. The van der Waals surface area contributed by atoms with Crippen LogP contribution in [-0.2, 0) is 16.8 Å². The minimum atomic E-state index is -0.489. The monoisotopic (exact) mass is 403 g/mol. The van der Waals surface area contributed by atoms with Crippen LogP contribution in [0.1, 0.15) is 47.1 Å². The van der Waals surface area contributed by atoms with Crippen molar-refractivity contribution in [1.29, 1.82) is 0 Å². The van der Waals surface area contributed by atoms with Crippen molar-refractivity contribution < 1.29 is 9.59 Å². The van der Waals surface area contributed by atoms with Crippen molar-refractivity contribution in [3.63, 3.8) is 0 Å². The van der Waals surface area contributed by atoms with Crippen LogP contribution in [0.2, 0.25) is 0 Å². The lowest BCUT2D eigenvalue weighted by Crippen LogP contribution is -2.42. The van der Waals surface area contributed by atoms with Gasteiger partial charge in [-0.15, -0.1) is 10.2 Å². The average molecular weight is 404 g/mol. The molecule has 1 aromatic heterocycles. The number of aromatic nitrogens is 3. The van der Waals surface area contributed by atoms with E-state index in [2.05, 4.69) is 65.9 Å².